The highest BCUT2D eigenvalue weighted by Crippen LogP contribution is 2.34. The lowest BCUT2D eigenvalue weighted by atomic mass is 10.0. The van der Waals surface area contributed by atoms with Crippen LogP contribution in [-0.2, 0) is 9.53 Å². The minimum atomic E-state index is -0.827. The van der Waals surface area contributed by atoms with Gasteiger partial charge in [-0.3, -0.25) is 4.79 Å². The summed E-state index contributed by atoms with van der Waals surface area (Å²) in [6.07, 6.45) is 1.08. The third-order valence-corrected chi connectivity index (χ3v) is 3.87. The molecule has 0 saturated carbocycles. The van der Waals surface area contributed by atoms with Gasteiger partial charge in [0.05, 0.1) is 6.61 Å². The van der Waals surface area contributed by atoms with Crippen molar-refractivity contribution in [3.05, 3.63) is 0 Å². The molecule has 14 heavy (non-hydrogen) atoms. The number of aliphatic carboxylic acids is 1. The SMILES string of the molecule is CCOC(=S)SC(CC)(CC)C(=O)O. The van der Waals surface area contributed by atoms with Gasteiger partial charge < -0.3 is 9.84 Å². The van der Waals surface area contributed by atoms with Gasteiger partial charge in [0.25, 0.3) is 0 Å². The van der Waals surface area contributed by atoms with Crippen LogP contribution in [0.2, 0.25) is 0 Å². The summed E-state index contributed by atoms with van der Waals surface area (Å²) in [5, 5.41) is 9.10. The second-order valence-corrected chi connectivity index (χ2v) is 4.78. The van der Waals surface area contributed by atoms with Gasteiger partial charge in [-0.15, -0.1) is 0 Å². The summed E-state index contributed by atoms with van der Waals surface area (Å²) in [6, 6.07) is 0. The predicted molar refractivity (Wildman–Crippen MR) is 62.8 cm³/mol. The number of carbonyl (C=O) groups is 1. The quantitative estimate of drug-likeness (QED) is 0.744. The van der Waals surface area contributed by atoms with Crippen molar-refractivity contribution in [3.8, 4) is 0 Å². The maximum atomic E-state index is 11.1. The molecule has 1 N–H and O–H groups in total. The van der Waals surface area contributed by atoms with Gasteiger partial charge in [0.15, 0.2) is 0 Å². The zero-order valence-electron chi connectivity index (χ0n) is 8.70. The highest BCUT2D eigenvalue weighted by molar-refractivity contribution is 8.23. The van der Waals surface area contributed by atoms with Crippen molar-refractivity contribution >= 4 is 34.3 Å². The van der Waals surface area contributed by atoms with Crippen LogP contribution in [0.15, 0.2) is 0 Å². The Labute approximate surface area is 94.2 Å². The van der Waals surface area contributed by atoms with Crippen molar-refractivity contribution in [1.82, 2.24) is 0 Å². The van der Waals surface area contributed by atoms with E-state index in [0.717, 1.165) is 11.8 Å². The minimum absolute atomic E-state index is 0.318. The summed E-state index contributed by atoms with van der Waals surface area (Å²) in [5.74, 6) is -0.824. The van der Waals surface area contributed by atoms with Crippen LogP contribution in [0.1, 0.15) is 33.6 Å². The van der Waals surface area contributed by atoms with Crippen molar-refractivity contribution in [2.24, 2.45) is 0 Å². The summed E-state index contributed by atoms with van der Waals surface area (Å²) >= 11 is 6.07. The Hall–Kier alpha value is -0.290. The molecule has 0 aromatic carbocycles. The van der Waals surface area contributed by atoms with Gasteiger partial charge in [0, 0.05) is 0 Å². The number of thioether (sulfide) groups is 1. The first-order valence-corrected chi connectivity index (χ1v) is 5.84. The molecular formula is C9H16O3S2. The molecule has 0 atom stereocenters. The molecule has 0 rings (SSSR count). The van der Waals surface area contributed by atoms with E-state index in [0.29, 0.717) is 23.8 Å². The molecule has 0 aromatic rings. The molecule has 0 fully saturated rings. The average molecular weight is 236 g/mol. The van der Waals surface area contributed by atoms with Gasteiger partial charge in [0.2, 0.25) is 4.38 Å². The Bertz CT molecular complexity index is 212. The number of thiocarbonyl (C=S) groups is 1. The number of rotatable bonds is 5. The topological polar surface area (TPSA) is 46.5 Å². The van der Waals surface area contributed by atoms with E-state index in [1.54, 1.807) is 0 Å². The largest absolute Gasteiger partial charge is 0.480 e. The number of carboxylic acid groups (broad SMARTS) is 1. The number of carboxylic acids is 1. The molecule has 0 aromatic heterocycles. The summed E-state index contributed by atoms with van der Waals surface area (Å²) < 4.78 is 4.57. The molecule has 0 spiro atoms. The van der Waals surface area contributed by atoms with E-state index >= 15 is 0 Å². The van der Waals surface area contributed by atoms with Crippen molar-refractivity contribution in [2.75, 3.05) is 6.61 Å². The average Bonchev–Trinajstić information content (AvgIpc) is 2.14. The smallest absolute Gasteiger partial charge is 0.320 e. The van der Waals surface area contributed by atoms with Crippen molar-refractivity contribution in [2.45, 2.75) is 38.4 Å². The third-order valence-electron chi connectivity index (χ3n) is 2.07. The van der Waals surface area contributed by atoms with E-state index < -0.39 is 10.7 Å². The van der Waals surface area contributed by atoms with E-state index in [1.165, 1.54) is 0 Å². The zero-order chi connectivity index (χ0) is 11.2. The van der Waals surface area contributed by atoms with Gasteiger partial charge in [-0.05, 0) is 32.0 Å². The van der Waals surface area contributed by atoms with E-state index in [-0.39, 0.29) is 0 Å². The first-order valence-electron chi connectivity index (χ1n) is 4.61. The molecule has 0 aliphatic carbocycles. The normalized spacial score (nSPS) is 11.1. The molecule has 0 heterocycles. The minimum Gasteiger partial charge on any atom is -0.480 e. The lowest BCUT2D eigenvalue weighted by Crippen LogP contribution is -2.35. The Morgan fingerprint density at radius 3 is 2.21 bits per heavy atom. The highest BCUT2D eigenvalue weighted by Gasteiger charge is 2.37. The fourth-order valence-electron chi connectivity index (χ4n) is 1.05. The number of ether oxygens (including phenoxy) is 1. The number of hydrogen-bond donors (Lipinski definition) is 1. The molecular weight excluding hydrogens is 220 g/mol. The molecule has 0 bridgehead atoms. The van der Waals surface area contributed by atoms with Gasteiger partial charge in [-0.1, -0.05) is 25.6 Å². The van der Waals surface area contributed by atoms with Gasteiger partial charge in [0.1, 0.15) is 4.75 Å². The first kappa shape index (κ1) is 13.7. The Morgan fingerprint density at radius 1 is 1.43 bits per heavy atom. The van der Waals surface area contributed by atoms with Crippen molar-refractivity contribution in [3.63, 3.8) is 0 Å². The molecule has 0 aliphatic heterocycles. The van der Waals surface area contributed by atoms with Crippen LogP contribution in [0.5, 0.6) is 0 Å². The molecule has 3 nitrogen and oxygen atoms in total. The molecule has 0 unspecified atom stereocenters. The highest BCUT2D eigenvalue weighted by atomic mass is 32.2. The zero-order valence-corrected chi connectivity index (χ0v) is 10.3. The van der Waals surface area contributed by atoms with E-state index in [9.17, 15) is 4.79 Å². The van der Waals surface area contributed by atoms with Gasteiger partial charge in [-0.25, -0.2) is 0 Å². The first-order chi connectivity index (χ1) is 6.52. The maximum absolute atomic E-state index is 11.1. The molecule has 0 radical (unpaired) electrons. The number of hydrogen-bond acceptors (Lipinski definition) is 4. The van der Waals surface area contributed by atoms with Crippen LogP contribution in [0.3, 0.4) is 0 Å². The Balaban J connectivity index is 4.51. The van der Waals surface area contributed by atoms with Crippen LogP contribution in [0.25, 0.3) is 0 Å². The molecule has 0 aliphatic rings. The maximum Gasteiger partial charge on any atom is 0.320 e. The van der Waals surface area contributed by atoms with E-state index in [2.05, 4.69) is 0 Å². The summed E-state index contributed by atoms with van der Waals surface area (Å²) in [7, 11) is 0. The standard InChI is InChI=1S/C9H16O3S2/c1-4-9(5-2,7(10)11)14-8(13)12-6-3/h4-6H2,1-3H3,(H,10,11). The molecule has 0 amide bonds. The summed E-state index contributed by atoms with van der Waals surface area (Å²) in [6.45, 7) is 6.00. The van der Waals surface area contributed by atoms with Crippen molar-refractivity contribution in [1.29, 1.82) is 0 Å². The molecule has 5 heteroatoms. The van der Waals surface area contributed by atoms with Crippen LogP contribution in [0, 0.1) is 0 Å². The fraction of sp³-hybridized carbons (Fsp3) is 0.778. The van der Waals surface area contributed by atoms with E-state index in [4.69, 9.17) is 22.1 Å². The van der Waals surface area contributed by atoms with Crippen LogP contribution >= 0.6 is 24.0 Å². The molecule has 0 saturated heterocycles. The molecule has 82 valence electrons. The van der Waals surface area contributed by atoms with E-state index in [1.807, 2.05) is 20.8 Å². The lowest BCUT2D eigenvalue weighted by molar-refractivity contribution is -0.140. The second kappa shape index (κ2) is 6.24. The summed E-state index contributed by atoms with van der Waals surface area (Å²) in [4.78, 5) is 11.1. The third kappa shape index (κ3) is 3.46. The monoisotopic (exact) mass is 236 g/mol. The predicted octanol–water partition coefficient (Wildman–Crippen LogP) is 2.68. The van der Waals surface area contributed by atoms with Crippen LogP contribution in [0.4, 0.5) is 0 Å². The summed E-state index contributed by atoms with van der Waals surface area (Å²) in [5.41, 5.74) is 0. The fourth-order valence-corrected chi connectivity index (χ4v) is 2.52. The second-order valence-electron chi connectivity index (χ2n) is 2.79. The van der Waals surface area contributed by atoms with Crippen LogP contribution < -0.4 is 0 Å². The van der Waals surface area contributed by atoms with Crippen LogP contribution in [-0.4, -0.2) is 26.8 Å². The van der Waals surface area contributed by atoms with Gasteiger partial charge >= 0.3 is 5.97 Å². The Kier molecular flexibility index (Phi) is 6.11. The lowest BCUT2D eigenvalue weighted by Gasteiger charge is -2.25. The van der Waals surface area contributed by atoms with Crippen molar-refractivity contribution < 1.29 is 14.6 Å². The Morgan fingerprint density at radius 2 is 1.93 bits per heavy atom. The van der Waals surface area contributed by atoms with Gasteiger partial charge in [-0.2, -0.15) is 0 Å².